The van der Waals surface area contributed by atoms with E-state index in [0.717, 1.165) is 11.1 Å². The van der Waals surface area contributed by atoms with Gasteiger partial charge in [-0.1, -0.05) is 24.3 Å². The van der Waals surface area contributed by atoms with Gasteiger partial charge in [-0.05, 0) is 47.5 Å². The van der Waals surface area contributed by atoms with Crippen LogP contribution in [0.2, 0.25) is 0 Å². The maximum absolute atomic E-state index is 12.0. The van der Waals surface area contributed by atoms with Crippen molar-refractivity contribution >= 4 is 23.5 Å². The minimum atomic E-state index is -0.287. The predicted octanol–water partition coefficient (Wildman–Crippen LogP) is 3.10. The first-order valence-electron chi connectivity index (χ1n) is 10.1. The molecule has 1 aromatic heterocycles. The molecule has 0 aliphatic heterocycles. The Kier molecular flexibility index (Phi) is 7.64. The molecule has 1 heterocycles. The molecule has 0 spiro atoms. The number of amides is 2. The average Bonchev–Trinajstić information content (AvgIpc) is 3.35. The van der Waals surface area contributed by atoms with Gasteiger partial charge in [0.25, 0.3) is 11.8 Å². The van der Waals surface area contributed by atoms with Crippen LogP contribution in [-0.2, 0) is 13.1 Å². The largest absolute Gasteiger partial charge is 0.459 e. The van der Waals surface area contributed by atoms with Crippen LogP contribution >= 0.6 is 0 Å². The van der Waals surface area contributed by atoms with E-state index in [0.29, 0.717) is 30.3 Å². The molecule has 0 atom stereocenters. The molecule has 2 amide bonds. The number of nitrogens with zero attached hydrogens (tertiary/aromatic N) is 2. The summed E-state index contributed by atoms with van der Waals surface area (Å²) >= 11 is 0. The molecule has 0 saturated carbocycles. The highest BCUT2D eigenvalue weighted by molar-refractivity contribution is 6.02. The van der Waals surface area contributed by atoms with Gasteiger partial charge < -0.3 is 25.3 Å². The molecule has 8 heteroatoms. The maximum Gasteiger partial charge on any atom is 0.291 e. The van der Waals surface area contributed by atoms with Crippen LogP contribution < -0.4 is 16.0 Å². The molecule has 0 fully saturated rings. The van der Waals surface area contributed by atoms with E-state index in [1.807, 2.05) is 48.5 Å². The van der Waals surface area contributed by atoms with Gasteiger partial charge in [0.05, 0.1) is 6.26 Å². The highest BCUT2D eigenvalue weighted by Crippen LogP contribution is 2.12. The summed E-state index contributed by atoms with van der Waals surface area (Å²) in [5.41, 5.74) is 3.43. The van der Waals surface area contributed by atoms with Crippen molar-refractivity contribution in [1.29, 1.82) is 0 Å². The Balaban J connectivity index is 1.47. The van der Waals surface area contributed by atoms with Crippen LogP contribution in [0, 0.1) is 0 Å². The molecule has 166 valence electrons. The normalized spacial score (nSPS) is 11.0. The van der Waals surface area contributed by atoms with Crippen LogP contribution in [0.1, 0.15) is 32.0 Å². The van der Waals surface area contributed by atoms with Crippen molar-refractivity contribution in [3.8, 4) is 0 Å². The predicted molar refractivity (Wildman–Crippen MR) is 125 cm³/mol. The summed E-state index contributed by atoms with van der Waals surface area (Å²) < 4.78 is 5.09. The van der Waals surface area contributed by atoms with Crippen LogP contribution in [-0.4, -0.2) is 43.8 Å². The molecule has 2 aromatic carbocycles. The van der Waals surface area contributed by atoms with Gasteiger partial charge >= 0.3 is 0 Å². The number of aliphatic imine (C=N–C) groups is 1. The number of carbonyl (C=O) groups excluding carboxylic acids is 2. The van der Waals surface area contributed by atoms with Crippen LogP contribution in [0.4, 0.5) is 5.69 Å². The van der Waals surface area contributed by atoms with Gasteiger partial charge in [0.2, 0.25) is 0 Å². The molecule has 0 radical (unpaired) electrons. The van der Waals surface area contributed by atoms with Crippen LogP contribution in [0.5, 0.6) is 0 Å². The Hall–Kier alpha value is -4.07. The number of nitrogens with one attached hydrogen (secondary N) is 3. The van der Waals surface area contributed by atoms with Gasteiger partial charge in [-0.15, -0.1) is 0 Å². The molecule has 0 unspecified atom stereocenters. The first-order valence-corrected chi connectivity index (χ1v) is 10.1. The summed E-state index contributed by atoms with van der Waals surface area (Å²) in [4.78, 5) is 29.8. The standard InChI is InChI=1S/C24H27N5O3/c1-25-24(26-15-17-6-10-19(11-7-17)23(31)29(2)3)27-16-18-8-12-20(13-9-18)28-22(30)21-5-4-14-32-21/h4-14H,15-16H2,1-3H3,(H,28,30)(H2,25,26,27). The van der Waals surface area contributed by atoms with Gasteiger partial charge in [0, 0.05) is 45.5 Å². The van der Waals surface area contributed by atoms with Crippen LogP contribution in [0.3, 0.4) is 0 Å². The van der Waals surface area contributed by atoms with Gasteiger partial charge in [0.1, 0.15) is 0 Å². The summed E-state index contributed by atoms with van der Waals surface area (Å²) in [6, 6.07) is 18.3. The number of hydrogen-bond acceptors (Lipinski definition) is 4. The SMILES string of the molecule is CN=C(NCc1ccc(NC(=O)c2ccco2)cc1)NCc1ccc(C(=O)N(C)C)cc1. The Labute approximate surface area is 187 Å². The highest BCUT2D eigenvalue weighted by atomic mass is 16.3. The number of anilines is 1. The van der Waals surface area contributed by atoms with E-state index in [2.05, 4.69) is 20.9 Å². The molecule has 3 N–H and O–H groups in total. The quantitative estimate of drug-likeness (QED) is 0.393. The van der Waals surface area contributed by atoms with Crippen molar-refractivity contribution in [1.82, 2.24) is 15.5 Å². The van der Waals surface area contributed by atoms with E-state index in [1.165, 1.54) is 6.26 Å². The van der Waals surface area contributed by atoms with E-state index >= 15 is 0 Å². The van der Waals surface area contributed by atoms with E-state index < -0.39 is 0 Å². The average molecular weight is 434 g/mol. The Morgan fingerprint density at radius 1 is 0.906 bits per heavy atom. The maximum atomic E-state index is 12.0. The third kappa shape index (κ3) is 6.21. The van der Waals surface area contributed by atoms with Crippen molar-refractivity contribution in [2.75, 3.05) is 26.5 Å². The van der Waals surface area contributed by atoms with E-state index in [1.54, 1.807) is 38.2 Å². The monoisotopic (exact) mass is 433 g/mol. The molecule has 3 aromatic rings. The first kappa shape index (κ1) is 22.6. The van der Waals surface area contributed by atoms with Crippen molar-refractivity contribution in [2.45, 2.75) is 13.1 Å². The lowest BCUT2D eigenvalue weighted by Crippen LogP contribution is -2.36. The molecule has 3 rings (SSSR count). The second-order valence-corrected chi connectivity index (χ2v) is 7.30. The molecule has 0 bridgehead atoms. The topological polar surface area (TPSA) is 99.0 Å². The third-order valence-corrected chi connectivity index (χ3v) is 4.71. The number of benzene rings is 2. The van der Waals surface area contributed by atoms with Crippen molar-refractivity contribution < 1.29 is 14.0 Å². The molecule has 8 nitrogen and oxygen atoms in total. The second kappa shape index (κ2) is 10.8. The van der Waals surface area contributed by atoms with Crippen molar-refractivity contribution in [3.63, 3.8) is 0 Å². The lowest BCUT2D eigenvalue weighted by molar-refractivity contribution is 0.0827. The number of rotatable bonds is 7. The van der Waals surface area contributed by atoms with Crippen LogP contribution in [0.15, 0.2) is 76.3 Å². The van der Waals surface area contributed by atoms with E-state index in [9.17, 15) is 9.59 Å². The fourth-order valence-corrected chi connectivity index (χ4v) is 2.92. The highest BCUT2D eigenvalue weighted by Gasteiger charge is 2.09. The number of hydrogen-bond donors (Lipinski definition) is 3. The summed E-state index contributed by atoms with van der Waals surface area (Å²) in [7, 11) is 5.18. The zero-order valence-corrected chi connectivity index (χ0v) is 18.4. The fourth-order valence-electron chi connectivity index (χ4n) is 2.92. The van der Waals surface area contributed by atoms with E-state index in [-0.39, 0.29) is 17.6 Å². The fraction of sp³-hybridized carbons (Fsp3) is 0.208. The minimum absolute atomic E-state index is 0.0199. The molecule has 0 aliphatic rings. The lowest BCUT2D eigenvalue weighted by atomic mass is 10.1. The van der Waals surface area contributed by atoms with Crippen LogP contribution in [0.25, 0.3) is 0 Å². The number of guanidine groups is 1. The minimum Gasteiger partial charge on any atom is -0.459 e. The van der Waals surface area contributed by atoms with Crippen molar-refractivity contribution in [2.24, 2.45) is 4.99 Å². The lowest BCUT2D eigenvalue weighted by Gasteiger charge is -2.13. The summed E-state index contributed by atoms with van der Waals surface area (Å²) in [6.07, 6.45) is 1.46. The van der Waals surface area contributed by atoms with Gasteiger partial charge in [-0.25, -0.2) is 0 Å². The first-order chi connectivity index (χ1) is 15.5. The zero-order chi connectivity index (χ0) is 22.9. The summed E-state index contributed by atoms with van der Waals surface area (Å²) in [6.45, 7) is 1.15. The van der Waals surface area contributed by atoms with Crippen molar-refractivity contribution in [3.05, 3.63) is 89.4 Å². The second-order valence-electron chi connectivity index (χ2n) is 7.30. The zero-order valence-electron chi connectivity index (χ0n) is 18.4. The molecular weight excluding hydrogens is 406 g/mol. The van der Waals surface area contributed by atoms with E-state index in [4.69, 9.17) is 4.42 Å². The molecule has 0 aliphatic carbocycles. The smallest absolute Gasteiger partial charge is 0.291 e. The Morgan fingerprint density at radius 3 is 2.00 bits per heavy atom. The van der Waals surface area contributed by atoms with Gasteiger partial charge in [-0.2, -0.15) is 0 Å². The Morgan fingerprint density at radius 2 is 1.50 bits per heavy atom. The summed E-state index contributed by atoms with van der Waals surface area (Å²) in [5, 5.41) is 9.31. The molecular formula is C24H27N5O3. The molecule has 32 heavy (non-hydrogen) atoms. The third-order valence-electron chi connectivity index (χ3n) is 4.71. The van der Waals surface area contributed by atoms with Gasteiger partial charge in [-0.3, -0.25) is 14.6 Å². The van der Waals surface area contributed by atoms with Gasteiger partial charge in [0.15, 0.2) is 11.7 Å². The summed E-state index contributed by atoms with van der Waals surface area (Å²) in [5.74, 6) is 0.622. The number of carbonyl (C=O) groups is 2. The number of furan rings is 1. The Bertz CT molecular complexity index is 1060. The molecule has 0 saturated heterocycles.